The Hall–Kier alpha value is -3.90. The number of hydrogen-bond acceptors (Lipinski definition) is 10. The van der Waals surface area contributed by atoms with Gasteiger partial charge in [-0.05, 0) is 44.9 Å². The molecule has 1 fully saturated rings. The predicted octanol–water partition coefficient (Wildman–Crippen LogP) is 6.76. The predicted molar refractivity (Wildman–Crippen MR) is 209 cm³/mol. The molecule has 0 aliphatic carbocycles. The molecule has 0 radical (unpaired) electrons. The van der Waals surface area contributed by atoms with Crippen molar-refractivity contribution in [1.29, 1.82) is 0 Å². The van der Waals surface area contributed by atoms with E-state index in [1.807, 2.05) is 103 Å². The van der Waals surface area contributed by atoms with Crippen molar-refractivity contribution in [2.75, 3.05) is 19.8 Å². The van der Waals surface area contributed by atoms with E-state index in [1.165, 1.54) is 0 Å². The molecule has 1 rings (SSSR count). The van der Waals surface area contributed by atoms with Crippen molar-refractivity contribution < 1.29 is 49.0 Å². The minimum absolute atomic E-state index is 0.115. The molecule has 1 aliphatic rings. The summed E-state index contributed by atoms with van der Waals surface area (Å²) >= 11 is 0. The number of esters is 2. The Balaban J connectivity index is 2.52. The molecule has 0 saturated carbocycles. The van der Waals surface area contributed by atoms with Crippen LogP contribution >= 0.6 is 0 Å². The maximum Gasteiger partial charge on any atom is 0.306 e. The van der Waals surface area contributed by atoms with Crippen LogP contribution in [0.1, 0.15) is 78.1 Å². The first-order valence-electron chi connectivity index (χ1n) is 18.7. The van der Waals surface area contributed by atoms with E-state index < -0.39 is 55.4 Å². The number of unbranched alkanes of at least 4 members (excludes halogenated alkanes) is 4. The van der Waals surface area contributed by atoms with Gasteiger partial charge in [0, 0.05) is 12.8 Å². The summed E-state index contributed by atoms with van der Waals surface area (Å²) in [6.07, 6.45) is 37.9. The number of ether oxygens (including phenoxy) is 4. The third-order valence-electron chi connectivity index (χ3n) is 7.60. The Morgan fingerprint density at radius 2 is 1.08 bits per heavy atom. The van der Waals surface area contributed by atoms with E-state index in [4.69, 9.17) is 18.9 Å². The Morgan fingerprint density at radius 1 is 0.585 bits per heavy atom. The van der Waals surface area contributed by atoms with Crippen LogP contribution in [0.2, 0.25) is 0 Å². The van der Waals surface area contributed by atoms with Crippen LogP contribution in [-0.4, -0.2) is 89.0 Å². The lowest BCUT2D eigenvalue weighted by Crippen LogP contribution is -2.59. The first-order valence-corrected chi connectivity index (χ1v) is 18.7. The number of hydrogen-bond donors (Lipinski definition) is 4. The van der Waals surface area contributed by atoms with Gasteiger partial charge in [-0.3, -0.25) is 9.59 Å². The molecule has 10 heteroatoms. The minimum Gasteiger partial charge on any atom is -0.462 e. The number of rotatable bonds is 27. The van der Waals surface area contributed by atoms with Crippen molar-refractivity contribution in [2.45, 2.75) is 115 Å². The third kappa shape index (κ3) is 24.9. The molecule has 0 bridgehead atoms. The Morgan fingerprint density at radius 3 is 1.60 bits per heavy atom. The van der Waals surface area contributed by atoms with Crippen molar-refractivity contribution in [3.8, 4) is 0 Å². The number of carbonyl (C=O) groups excluding carboxylic acids is 2. The van der Waals surface area contributed by atoms with Crippen LogP contribution in [0, 0.1) is 0 Å². The largest absolute Gasteiger partial charge is 0.462 e. The van der Waals surface area contributed by atoms with Crippen LogP contribution in [0.4, 0.5) is 0 Å². The fourth-order valence-corrected chi connectivity index (χ4v) is 4.65. The van der Waals surface area contributed by atoms with Crippen molar-refractivity contribution in [3.63, 3.8) is 0 Å². The maximum absolute atomic E-state index is 12.7. The summed E-state index contributed by atoms with van der Waals surface area (Å²) in [5.41, 5.74) is 0. The lowest BCUT2D eigenvalue weighted by Gasteiger charge is -2.39. The second kappa shape index (κ2) is 32.7. The van der Waals surface area contributed by atoms with E-state index in [2.05, 4.69) is 32.1 Å². The zero-order valence-corrected chi connectivity index (χ0v) is 31.4. The molecule has 0 aromatic carbocycles. The minimum atomic E-state index is -1.62. The first kappa shape index (κ1) is 47.1. The van der Waals surface area contributed by atoms with Crippen LogP contribution < -0.4 is 0 Å². The zero-order chi connectivity index (χ0) is 38.8. The Kier molecular flexibility index (Phi) is 29.1. The summed E-state index contributed by atoms with van der Waals surface area (Å²) in [6, 6.07) is 0. The molecule has 294 valence electrons. The van der Waals surface area contributed by atoms with Gasteiger partial charge in [-0.2, -0.15) is 0 Å². The van der Waals surface area contributed by atoms with E-state index in [0.717, 1.165) is 32.1 Å². The molecule has 6 atom stereocenters. The van der Waals surface area contributed by atoms with Gasteiger partial charge in [0.2, 0.25) is 0 Å². The molecule has 1 heterocycles. The average Bonchev–Trinajstić information content (AvgIpc) is 3.15. The molecule has 53 heavy (non-hydrogen) atoms. The van der Waals surface area contributed by atoms with Crippen LogP contribution in [0.15, 0.2) is 122 Å². The van der Waals surface area contributed by atoms with E-state index in [9.17, 15) is 30.0 Å². The van der Waals surface area contributed by atoms with Crippen LogP contribution in [-0.2, 0) is 28.5 Å². The molecule has 4 N–H and O–H groups in total. The molecular formula is C43H62O10. The summed E-state index contributed by atoms with van der Waals surface area (Å²) in [5.74, 6) is -0.962. The fraction of sp³-hybridized carbons (Fsp3) is 0.488. The van der Waals surface area contributed by atoms with Crippen molar-refractivity contribution in [1.82, 2.24) is 0 Å². The lowest BCUT2D eigenvalue weighted by molar-refractivity contribution is -0.305. The van der Waals surface area contributed by atoms with Crippen molar-refractivity contribution in [2.24, 2.45) is 0 Å². The van der Waals surface area contributed by atoms with E-state index >= 15 is 0 Å². The zero-order valence-electron chi connectivity index (χ0n) is 31.4. The van der Waals surface area contributed by atoms with Gasteiger partial charge in [0.25, 0.3) is 0 Å². The quantitative estimate of drug-likeness (QED) is 0.0404. The number of carbonyl (C=O) groups is 2. The Labute approximate surface area is 316 Å². The highest BCUT2D eigenvalue weighted by molar-refractivity contribution is 5.70. The van der Waals surface area contributed by atoms with Gasteiger partial charge in [-0.1, -0.05) is 142 Å². The topological polar surface area (TPSA) is 152 Å². The highest BCUT2D eigenvalue weighted by Gasteiger charge is 2.44. The fourth-order valence-electron chi connectivity index (χ4n) is 4.65. The summed E-state index contributed by atoms with van der Waals surface area (Å²) in [4.78, 5) is 25.1. The van der Waals surface area contributed by atoms with Crippen LogP contribution in [0.5, 0.6) is 0 Å². The van der Waals surface area contributed by atoms with E-state index in [0.29, 0.717) is 19.3 Å². The lowest BCUT2D eigenvalue weighted by atomic mass is 9.99. The molecule has 1 aliphatic heterocycles. The maximum atomic E-state index is 12.7. The van der Waals surface area contributed by atoms with E-state index in [1.54, 1.807) is 0 Å². The standard InChI is InChI=1S/C43H62O10/c1-3-5-7-9-11-13-15-17-18-20-21-23-25-27-29-31-38(45)50-34-36(35-51-43-42(49)41(48)40(47)37(33-44)53-43)52-39(46)32-30-28-26-24-22-19-16-14-12-10-8-6-4-2/h5-22,24,26,36-37,40-44,47-49H,3-4,23,25,27-35H2,1-2H3/b7-5+,8-6+,11-9+,12-10+,15-13+,16-14+,18-17+,21-20+,22-19+,26-24+/t36?,37-,40+,41?,42?,43-/m0/s1. The number of aliphatic hydroxyl groups is 4. The van der Waals surface area contributed by atoms with Gasteiger partial charge >= 0.3 is 11.9 Å². The molecular weight excluding hydrogens is 676 g/mol. The second-order valence-corrected chi connectivity index (χ2v) is 12.2. The smallest absolute Gasteiger partial charge is 0.306 e. The summed E-state index contributed by atoms with van der Waals surface area (Å²) in [5, 5.41) is 39.9. The Bertz CT molecular complexity index is 1270. The van der Waals surface area contributed by atoms with Crippen molar-refractivity contribution in [3.05, 3.63) is 122 Å². The summed E-state index contributed by atoms with van der Waals surface area (Å²) in [6.45, 7) is 2.96. The molecule has 0 aromatic heterocycles. The van der Waals surface area contributed by atoms with Crippen LogP contribution in [0.25, 0.3) is 0 Å². The highest BCUT2D eigenvalue weighted by atomic mass is 16.7. The average molecular weight is 739 g/mol. The highest BCUT2D eigenvalue weighted by Crippen LogP contribution is 2.22. The molecule has 1 saturated heterocycles. The van der Waals surface area contributed by atoms with Crippen LogP contribution in [0.3, 0.4) is 0 Å². The normalized spacial score (nSPS) is 22.3. The summed E-state index contributed by atoms with van der Waals surface area (Å²) < 4.78 is 21.9. The second-order valence-electron chi connectivity index (χ2n) is 12.2. The van der Waals surface area contributed by atoms with Crippen molar-refractivity contribution >= 4 is 11.9 Å². The summed E-state index contributed by atoms with van der Waals surface area (Å²) in [7, 11) is 0. The first-order chi connectivity index (χ1) is 25.8. The number of aliphatic hydroxyl groups excluding tert-OH is 4. The molecule has 0 spiro atoms. The monoisotopic (exact) mass is 738 g/mol. The third-order valence-corrected chi connectivity index (χ3v) is 7.60. The molecule has 0 amide bonds. The van der Waals surface area contributed by atoms with E-state index in [-0.39, 0.29) is 26.1 Å². The molecule has 0 aromatic rings. The van der Waals surface area contributed by atoms with Gasteiger partial charge in [-0.25, -0.2) is 0 Å². The van der Waals surface area contributed by atoms with Gasteiger partial charge in [-0.15, -0.1) is 0 Å². The van der Waals surface area contributed by atoms with Gasteiger partial charge in [0.05, 0.1) is 13.2 Å². The van der Waals surface area contributed by atoms with Gasteiger partial charge in [0.1, 0.15) is 31.0 Å². The molecule has 10 nitrogen and oxygen atoms in total. The van der Waals surface area contributed by atoms with Gasteiger partial charge in [0.15, 0.2) is 12.4 Å². The number of allylic oxidation sites excluding steroid dienone is 20. The molecule has 3 unspecified atom stereocenters. The van der Waals surface area contributed by atoms with Gasteiger partial charge < -0.3 is 39.4 Å². The SMILES string of the molecule is CC/C=C/C=C/C=C/C=C/C=C/CCCCCC(=O)OCC(CO[C@H]1O[C@@H](CO)[C@@H](O)C(O)C1O)OC(=O)CCC/C=C/C=C/C=C/C=C/C=C/CC.